The number of carbonyl (C=O) groups excluding carboxylic acids is 1. The molecule has 0 saturated heterocycles. The zero-order valence-electron chi connectivity index (χ0n) is 12.8. The second-order valence-electron chi connectivity index (χ2n) is 5.33. The topological polar surface area (TPSA) is 46.3 Å². The van der Waals surface area contributed by atoms with Gasteiger partial charge in [0.2, 0.25) is 5.91 Å². The van der Waals surface area contributed by atoms with Gasteiger partial charge in [-0.2, -0.15) is 0 Å². The molecule has 1 unspecified atom stereocenters. The van der Waals surface area contributed by atoms with Crippen LogP contribution in [0.2, 0.25) is 0 Å². The van der Waals surface area contributed by atoms with Gasteiger partial charge in [-0.05, 0) is 37.5 Å². The first-order valence-corrected chi connectivity index (χ1v) is 7.39. The highest BCUT2D eigenvalue weighted by atomic mass is 32.1. The van der Waals surface area contributed by atoms with Crippen molar-refractivity contribution in [3.05, 3.63) is 34.9 Å². The molecule has 0 bridgehead atoms. The number of hydrogen-bond acceptors (Lipinski definition) is 2. The number of rotatable bonds is 6. The summed E-state index contributed by atoms with van der Waals surface area (Å²) in [6.07, 6.45) is 0.430. The number of hydrogen-bond donors (Lipinski definition) is 1. The fourth-order valence-corrected chi connectivity index (χ4v) is 2.10. The predicted molar refractivity (Wildman–Crippen MR) is 87.8 cm³/mol. The summed E-state index contributed by atoms with van der Waals surface area (Å²) < 4.78 is 0. The Hall–Kier alpha value is -1.42. The van der Waals surface area contributed by atoms with E-state index in [2.05, 4.69) is 26.0 Å². The molecule has 0 aliphatic heterocycles. The SMILES string of the molecule is CCN(CC(C)C(N)=S)C(=O)Cc1ccc(C)c(C)c1. The van der Waals surface area contributed by atoms with Crippen LogP contribution in [0.1, 0.15) is 30.5 Å². The predicted octanol–water partition coefficient (Wildman–Crippen LogP) is 2.62. The zero-order valence-corrected chi connectivity index (χ0v) is 13.6. The Morgan fingerprint density at radius 2 is 2.00 bits per heavy atom. The average Bonchev–Trinajstić information content (AvgIpc) is 2.39. The van der Waals surface area contributed by atoms with E-state index in [0.717, 1.165) is 5.56 Å². The van der Waals surface area contributed by atoms with Gasteiger partial charge in [0, 0.05) is 19.0 Å². The molecule has 3 nitrogen and oxygen atoms in total. The average molecular weight is 292 g/mol. The van der Waals surface area contributed by atoms with E-state index < -0.39 is 0 Å². The van der Waals surface area contributed by atoms with E-state index in [0.29, 0.717) is 24.5 Å². The summed E-state index contributed by atoms with van der Waals surface area (Å²) in [5, 5.41) is 0. The second kappa shape index (κ2) is 7.39. The monoisotopic (exact) mass is 292 g/mol. The van der Waals surface area contributed by atoms with Crippen molar-refractivity contribution in [2.45, 2.75) is 34.1 Å². The highest BCUT2D eigenvalue weighted by Crippen LogP contribution is 2.12. The van der Waals surface area contributed by atoms with Crippen molar-refractivity contribution in [3.8, 4) is 0 Å². The molecule has 0 fully saturated rings. The number of aryl methyl sites for hydroxylation is 2. The van der Waals surface area contributed by atoms with E-state index in [1.165, 1.54) is 11.1 Å². The maximum Gasteiger partial charge on any atom is 0.227 e. The molecule has 1 aromatic rings. The first-order chi connectivity index (χ1) is 9.35. The van der Waals surface area contributed by atoms with Crippen LogP contribution >= 0.6 is 12.2 Å². The van der Waals surface area contributed by atoms with E-state index >= 15 is 0 Å². The molecule has 110 valence electrons. The van der Waals surface area contributed by atoms with Crippen LogP contribution in [-0.2, 0) is 11.2 Å². The fourth-order valence-electron chi connectivity index (χ4n) is 2.03. The molecule has 0 aromatic heterocycles. The molecular weight excluding hydrogens is 268 g/mol. The second-order valence-corrected chi connectivity index (χ2v) is 5.80. The Balaban J connectivity index is 2.72. The summed E-state index contributed by atoms with van der Waals surface area (Å²) in [5.41, 5.74) is 9.14. The fraction of sp³-hybridized carbons (Fsp3) is 0.500. The summed E-state index contributed by atoms with van der Waals surface area (Å²) in [5.74, 6) is 0.174. The molecule has 20 heavy (non-hydrogen) atoms. The minimum absolute atomic E-state index is 0.0497. The number of benzene rings is 1. The lowest BCUT2D eigenvalue weighted by Crippen LogP contribution is -2.38. The van der Waals surface area contributed by atoms with Crippen LogP contribution in [0.25, 0.3) is 0 Å². The zero-order chi connectivity index (χ0) is 15.3. The van der Waals surface area contributed by atoms with Crippen LogP contribution in [0, 0.1) is 19.8 Å². The van der Waals surface area contributed by atoms with Crippen molar-refractivity contribution >= 4 is 23.1 Å². The normalized spacial score (nSPS) is 12.0. The van der Waals surface area contributed by atoms with Crippen LogP contribution < -0.4 is 5.73 Å². The number of thiocarbonyl (C=S) groups is 1. The third-order valence-electron chi connectivity index (χ3n) is 3.64. The van der Waals surface area contributed by atoms with Crippen LogP contribution in [0.5, 0.6) is 0 Å². The van der Waals surface area contributed by atoms with Gasteiger partial charge >= 0.3 is 0 Å². The highest BCUT2D eigenvalue weighted by molar-refractivity contribution is 7.80. The van der Waals surface area contributed by atoms with Crippen molar-refractivity contribution in [2.75, 3.05) is 13.1 Å². The third kappa shape index (κ3) is 4.60. The van der Waals surface area contributed by atoms with Gasteiger partial charge in [0.1, 0.15) is 0 Å². The van der Waals surface area contributed by atoms with Crippen molar-refractivity contribution in [1.29, 1.82) is 0 Å². The summed E-state index contributed by atoms with van der Waals surface area (Å²) in [6, 6.07) is 6.16. The number of nitrogens with two attached hydrogens (primary N) is 1. The van der Waals surface area contributed by atoms with Crippen molar-refractivity contribution < 1.29 is 4.79 Å². The van der Waals surface area contributed by atoms with Gasteiger partial charge in [-0.25, -0.2) is 0 Å². The summed E-state index contributed by atoms with van der Waals surface area (Å²) in [7, 11) is 0. The standard InChI is InChI=1S/C16H24N2OS/c1-5-18(10-13(4)16(17)20)15(19)9-14-7-6-11(2)12(3)8-14/h6-8,13H,5,9-10H2,1-4H3,(H2,17,20). The smallest absolute Gasteiger partial charge is 0.227 e. The largest absolute Gasteiger partial charge is 0.393 e. The van der Waals surface area contributed by atoms with Gasteiger partial charge in [-0.3, -0.25) is 4.79 Å². The Morgan fingerprint density at radius 1 is 1.35 bits per heavy atom. The molecule has 0 radical (unpaired) electrons. The van der Waals surface area contributed by atoms with Crippen molar-refractivity contribution in [1.82, 2.24) is 4.90 Å². The van der Waals surface area contributed by atoms with Crippen molar-refractivity contribution in [3.63, 3.8) is 0 Å². The number of carbonyl (C=O) groups is 1. The molecule has 0 spiro atoms. The highest BCUT2D eigenvalue weighted by Gasteiger charge is 2.16. The number of likely N-dealkylation sites (N-methyl/N-ethyl adjacent to an activating group) is 1. The Kier molecular flexibility index (Phi) is 6.14. The van der Waals surface area contributed by atoms with E-state index in [-0.39, 0.29) is 11.8 Å². The van der Waals surface area contributed by atoms with Crippen LogP contribution in [0.4, 0.5) is 0 Å². The van der Waals surface area contributed by atoms with Gasteiger partial charge in [0.15, 0.2) is 0 Å². The van der Waals surface area contributed by atoms with Gasteiger partial charge < -0.3 is 10.6 Å². The van der Waals surface area contributed by atoms with E-state index in [1.807, 2.05) is 24.8 Å². The minimum Gasteiger partial charge on any atom is -0.393 e. The molecule has 0 aliphatic carbocycles. The molecule has 0 aliphatic rings. The summed E-state index contributed by atoms with van der Waals surface area (Å²) in [4.78, 5) is 14.6. The van der Waals surface area contributed by atoms with Crippen LogP contribution in [0.3, 0.4) is 0 Å². The van der Waals surface area contributed by atoms with E-state index in [1.54, 1.807) is 0 Å². The molecular formula is C16H24N2OS. The minimum atomic E-state index is 0.0497. The quantitative estimate of drug-likeness (QED) is 0.820. The molecule has 0 heterocycles. The lowest BCUT2D eigenvalue weighted by atomic mass is 10.0. The van der Waals surface area contributed by atoms with E-state index in [4.69, 9.17) is 18.0 Å². The first-order valence-electron chi connectivity index (χ1n) is 6.98. The maximum atomic E-state index is 12.3. The van der Waals surface area contributed by atoms with Gasteiger partial charge in [-0.1, -0.05) is 37.3 Å². The summed E-state index contributed by atoms with van der Waals surface area (Å²) in [6.45, 7) is 9.34. The van der Waals surface area contributed by atoms with Crippen LogP contribution in [0.15, 0.2) is 18.2 Å². The lowest BCUT2D eigenvalue weighted by Gasteiger charge is -2.24. The van der Waals surface area contributed by atoms with Gasteiger partial charge in [-0.15, -0.1) is 0 Å². The lowest BCUT2D eigenvalue weighted by molar-refractivity contribution is -0.130. The molecule has 4 heteroatoms. The number of nitrogens with zero attached hydrogens (tertiary/aromatic N) is 1. The van der Waals surface area contributed by atoms with E-state index in [9.17, 15) is 4.79 Å². The Labute approximate surface area is 127 Å². The molecule has 1 atom stereocenters. The van der Waals surface area contributed by atoms with Gasteiger partial charge in [0.25, 0.3) is 0 Å². The molecule has 1 amide bonds. The Morgan fingerprint density at radius 3 is 2.50 bits per heavy atom. The molecule has 1 rings (SSSR count). The summed E-state index contributed by atoms with van der Waals surface area (Å²) >= 11 is 4.97. The number of amides is 1. The van der Waals surface area contributed by atoms with Gasteiger partial charge in [0.05, 0.1) is 11.4 Å². The maximum absolute atomic E-state index is 12.3. The Bertz CT molecular complexity index is 499. The third-order valence-corrected chi connectivity index (χ3v) is 4.04. The molecule has 2 N–H and O–H groups in total. The van der Waals surface area contributed by atoms with Crippen LogP contribution in [-0.4, -0.2) is 28.9 Å². The van der Waals surface area contributed by atoms with Crippen molar-refractivity contribution in [2.24, 2.45) is 11.7 Å². The molecule has 1 aromatic carbocycles. The first kappa shape index (κ1) is 16.6. The molecule has 0 saturated carbocycles.